The van der Waals surface area contributed by atoms with Gasteiger partial charge < -0.3 is 5.32 Å². The molecule has 88 valence electrons. The number of nitrogens with one attached hydrogen (secondary N) is 1. The van der Waals surface area contributed by atoms with Gasteiger partial charge in [0.05, 0.1) is 5.69 Å². The van der Waals surface area contributed by atoms with Gasteiger partial charge in [-0.25, -0.2) is 0 Å². The molecule has 4 heteroatoms. The van der Waals surface area contributed by atoms with Crippen molar-refractivity contribution in [1.29, 1.82) is 0 Å². The van der Waals surface area contributed by atoms with Crippen LogP contribution in [0.25, 0.3) is 0 Å². The third kappa shape index (κ3) is 2.32. The monoisotopic (exact) mass is 237 g/mol. The van der Waals surface area contributed by atoms with Crippen LogP contribution >= 0.6 is 11.8 Å². The van der Waals surface area contributed by atoms with Gasteiger partial charge in [-0.3, -0.25) is 0 Å². The van der Waals surface area contributed by atoms with Gasteiger partial charge in [0.25, 0.3) is 0 Å². The number of hydrogen-bond donors (Lipinski definition) is 1. The van der Waals surface area contributed by atoms with E-state index in [1.54, 1.807) is 0 Å². The van der Waals surface area contributed by atoms with Gasteiger partial charge in [0, 0.05) is 11.3 Å². The molecule has 1 aliphatic rings. The molecule has 0 aromatic carbocycles. The first-order valence-corrected chi connectivity index (χ1v) is 6.98. The van der Waals surface area contributed by atoms with Crippen LogP contribution in [0.4, 0.5) is 5.82 Å². The summed E-state index contributed by atoms with van der Waals surface area (Å²) < 4.78 is 0.445. The Bertz CT molecular complexity index is 369. The number of anilines is 1. The molecule has 3 nitrogen and oxygen atoms in total. The van der Waals surface area contributed by atoms with Crippen LogP contribution in [0, 0.1) is 13.8 Å². The lowest BCUT2D eigenvalue weighted by Gasteiger charge is -2.40. The van der Waals surface area contributed by atoms with E-state index in [0.717, 1.165) is 18.1 Å². The maximum atomic E-state index is 4.16. The summed E-state index contributed by atoms with van der Waals surface area (Å²) in [6.45, 7) is 5.07. The molecule has 0 amide bonds. The van der Waals surface area contributed by atoms with Crippen LogP contribution in [-0.2, 0) is 0 Å². The fourth-order valence-corrected chi connectivity index (χ4v) is 2.82. The average molecular weight is 237 g/mol. The van der Waals surface area contributed by atoms with E-state index < -0.39 is 0 Å². The van der Waals surface area contributed by atoms with E-state index >= 15 is 0 Å². The number of aromatic nitrogens is 2. The van der Waals surface area contributed by atoms with Gasteiger partial charge in [-0.2, -0.15) is 16.9 Å². The highest BCUT2D eigenvalue weighted by molar-refractivity contribution is 8.00. The first-order chi connectivity index (χ1) is 7.65. The Morgan fingerprint density at radius 1 is 1.38 bits per heavy atom. The Morgan fingerprint density at radius 3 is 2.62 bits per heavy atom. The molecule has 0 atom stereocenters. The summed E-state index contributed by atoms with van der Waals surface area (Å²) in [7, 11) is 0. The van der Waals surface area contributed by atoms with Crippen LogP contribution in [0.5, 0.6) is 0 Å². The van der Waals surface area contributed by atoms with Crippen LogP contribution in [0.1, 0.15) is 30.5 Å². The van der Waals surface area contributed by atoms with Crippen LogP contribution in [0.3, 0.4) is 0 Å². The molecule has 16 heavy (non-hydrogen) atoms. The second kappa shape index (κ2) is 4.62. The summed E-state index contributed by atoms with van der Waals surface area (Å²) in [6.07, 6.45) is 6.20. The number of aryl methyl sites for hydroxylation is 2. The van der Waals surface area contributed by atoms with Gasteiger partial charge in [-0.05, 0) is 44.6 Å². The molecule has 1 fully saturated rings. The number of thioether (sulfide) groups is 1. The summed E-state index contributed by atoms with van der Waals surface area (Å²) >= 11 is 1.97. The normalized spacial score (nSPS) is 17.9. The Hall–Kier alpha value is -0.770. The van der Waals surface area contributed by atoms with E-state index in [1.807, 2.05) is 18.7 Å². The second-order valence-electron chi connectivity index (χ2n) is 4.59. The largest absolute Gasteiger partial charge is 0.367 e. The maximum absolute atomic E-state index is 4.16. The molecule has 0 unspecified atom stereocenters. The average Bonchev–Trinajstić information content (AvgIpc) is 2.22. The Kier molecular flexibility index (Phi) is 3.38. The van der Waals surface area contributed by atoms with Gasteiger partial charge in [0.2, 0.25) is 0 Å². The minimum atomic E-state index is 0.445. The molecule has 0 spiro atoms. The van der Waals surface area contributed by atoms with Crippen molar-refractivity contribution in [2.45, 2.75) is 37.9 Å². The topological polar surface area (TPSA) is 37.8 Å². The summed E-state index contributed by atoms with van der Waals surface area (Å²) in [4.78, 5) is 0. The first-order valence-electron chi connectivity index (χ1n) is 5.75. The Balaban J connectivity index is 1.96. The molecule has 0 radical (unpaired) electrons. The summed E-state index contributed by atoms with van der Waals surface area (Å²) in [5.41, 5.74) is 2.21. The van der Waals surface area contributed by atoms with Gasteiger partial charge in [-0.1, -0.05) is 6.42 Å². The van der Waals surface area contributed by atoms with Crippen LogP contribution in [0.2, 0.25) is 0 Å². The van der Waals surface area contributed by atoms with Crippen molar-refractivity contribution >= 4 is 17.6 Å². The number of nitrogens with zero attached hydrogens (tertiary/aromatic N) is 2. The SMILES string of the molecule is CSC1(CNc2cc(C)c(C)nn2)CCC1. The Labute approximate surface area is 101 Å². The van der Waals surface area contributed by atoms with Crippen LogP contribution in [0.15, 0.2) is 6.07 Å². The van der Waals surface area contributed by atoms with Gasteiger partial charge in [-0.15, -0.1) is 5.10 Å². The van der Waals surface area contributed by atoms with E-state index in [9.17, 15) is 0 Å². The van der Waals surface area contributed by atoms with E-state index in [4.69, 9.17) is 0 Å². The lowest BCUT2D eigenvalue weighted by molar-refractivity contribution is 0.379. The third-order valence-corrected chi connectivity index (χ3v) is 4.94. The van der Waals surface area contributed by atoms with Crippen molar-refractivity contribution in [3.63, 3.8) is 0 Å². The van der Waals surface area contributed by atoms with Crippen molar-refractivity contribution in [3.8, 4) is 0 Å². The molecule has 1 saturated carbocycles. The molecule has 0 saturated heterocycles. The zero-order valence-electron chi connectivity index (χ0n) is 10.2. The minimum Gasteiger partial charge on any atom is -0.367 e. The quantitative estimate of drug-likeness (QED) is 0.874. The second-order valence-corrected chi connectivity index (χ2v) is 5.87. The van der Waals surface area contributed by atoms with Crippen LogP contribution in [-0.4, -0.2) is 27.7 Å². The lowest BCUT2D eigenvalue weighted by Crippen LogP contribution is -2.40. The zero-order chi connectivity index (χ0) is 11.6. The standard InChI is InChI=1S/C12H19N3S/c1-9-7-11(15-14-10(9)2)13-8-12(16-3)5-4-6-12/h7H,4-6,8H2,1-3H3,(H,13,15). The molecule has 2 rings (SSSR count). The zero-order valence-corrected chi connectivity index (χ0v) is 11.0. The predicted octanol–water partition coefficient (Wildman–Crippen LogP) is 2.79. The van der Waals surface area contributed by atoms with E-state index in [-0.39, 0.29) is 0 Å². The molecular formula is C12H19N3S. The van der Waals surface area contributed by atoms with Gasteiger partial charge in [0.1, 0.15) is 5.82 Å². The van der Waals surface area contributed by atoms with E-state index in [0.29, 0.717) is 4.75 Å². The van der Waals surface area contributed by atoms with Gasteiger partial charge in [0.15, 0.2) is 0 Å². The van der Waals surface area contributed by atoms with Gasteiger partial charge >= 0.3 is 0 Å². The fourth-order valence-electron chi connectivity index (χ4n) is 1.91. The molecule has 1 aromatic heterocycles. The van der Waals surface area contributed by atoms with Crippen LogP contribution < -0.4 is 5.32 Å². The molecule has 0 aliphatic heterocycles. The minimum absolute atomic E-state index is 0.445. The maximum Gasteiger partial charge on any atom is 0.148 e. The molecule has 1 aliphatic carbocycles. The number of rotatable bonds is 4. The highest BCUT2D eigenvalue weighted by Crippen LogP contribution is 2.42. The highest BCUT2D eigenvalue weighted by atomic mass is 32.2. The number of hydrogen-bond acceptors (Lipinski definition) is 4. The van der Waals surface area contributed by atoms with E-state index in [2.05, 4.69) is 34.8 Å². The summed E-state index contributed by atoms with van der Waals surface area (Å²) in [6, 6.07) is 2.08. The molecular weight excluding hydrogens is 218 g/mol. The van der Waals surface area contributed by atoms with Crippen molar-refractivity contribution in [2.24, 2.45) is 0 Å². The Morgan fingerprint density at radius 2 is 2.12 bits per heavy atom. The van der Waals surface area contributed by atoms with Crippen molar-refractivity contribution < 1.29 is 0 Å². The lowest BCUT2D eigenvalue weighted by atomic mass is 9.84. The van der Waals surface area contributed by atoms with Crippen molar-refractivity contribution in [1.82, 2.24) is 10.2 Å². The first kappa shape index (κ1) is 11.7. The highest BCUT2D eigenvalue weighted by Gasteiger charge is 2.35. The van der Waals surface area contributed by atoms with Crippen molar-refractivity contribution in [3.05, 3.63) is 17.3 Å². The molecule has 1 N–H and O–H groups in total. The molecule has 1 heterocycles. The predicted molar refractivity (Wildman–Crippen MR) is 70.1 cm³/mol. The molecule has 1 aromatic rings. The third-order valence-electron chi connectivity index (χ3n) is 3.52. The van der Waals surface area contributed by atoms with E-state index in [1.165, 1.54) is 24.8 Å². The van der Waals surface area contributed by atoms with Crippen molar-refractivity contribution in [2.75, 3.05) is 18.1 Å². The smallest absolute Gasteiger partial charge is 0.148 e. The summed E-state index contributed by atoms with van der Waals surface area (Å²) in [5, 5.41) is 11.7. The summed E-state index contributed by atoms with van der Waals surface area (Å²) in [5.74, 6) is 0.906. The fraction of sp³-hybridized carbons (Fsp3) is 0.667. The molecule has 0 bridgehead atoms.